The second-order valence-electron chi connectivity index (χ2n) is 21.4. The minimum Gasteiger partial charge on any atom is -0.497 e. The summed E-state index contributed by atoms with van der Waals surface area (Å²) < 4.78 is 94.2. The third-order valence-electron chi connectivity index (χ3n) is 17.2. The van der Waals surface area contributed by atoms with Gasteiger partial charge in [-0.3, -0.25) is 4.79 Å². The zero-order chi connectivity index (χ0) is 45.2. The zero-order valence-corrected chi connectivity index (χ0v) is 39.0. The highest BCUT2D eigenvalue weighted by atomic mass is 16.9. The molecular formula is C51H68O15. The quantitative estimate of drug-likeness (QED) is 0.250. The van der Waals surface area contributed by atoms with Crippen LogP contribution in [0.25, 0.3) is 0 Å². The fourth-order valence-corrected chi connectivity index (χ4v) is 13.7. The molecule has 0 N–H and O–H groups in total. The van der Waals surface area contributed by atoms with Crippen molar-refractivity contribution in [2.75, 3.05) is 20.8 Å². The summed E-state index contributed by atoms with van der Waals surface area (Å²) in [7, 11) is 3.34. The molecular weight excluding hydrogens is 853 g/mol. The first-order valence-corrected chi connectivity index (χ1v) is 24.9. The molecule has 15 heteroatoms. The lowest BCUT2D eigenvalue weighted by Crippen LogP contribution is -2.63. The van der Waals surface area contributed by atoms with E-state index in [0.29, 0.717) is 38.7 Å². The summed E-state index contributed by atoms with van der Waals surface area (Å²) in [6, 6.07) is 7.67. The van der Waals surface area contributed by atoms with E-state index in [4.69, 9.17) is 66.3 Å². The van der Waals surface area contributed by atoms with E-state index < -0.39 is 72.8 Å². The Hall–Kier alpha value is -2.51. The van der Waals surface area contributed by atoms with Crippen molar-refractivity contribution in [1.29, 1.82) is 0 Å². The molecule has 12 bridgehead atoms. The maximum Gasteiger partial charge on any atom is 0.308 e. The Morgan fingerprint density at radius 2 is 1.44 bits per heavy atom. The highest BCUT2D eigenvalue weighted by Crippen LogP contribution is 2.64. The van der Waals surface area contributed by atoms with Gasteiger partial charge in [-0.25, -0.2) is 0 Å². The molecule has 12 aliphatic rings. The van der Waals surface area contributed by atoms with E-state index in [2.05, 4.69) is 33.9 Å². The Labute approximate surface area is 387 Å². The number of esters is 1. The molecule has 1 aromatic rings. The predicted octanol–water partition coefficient (Wildman–Crippen LogP) is 6.19. The Bertz CT molecular complexity index is 2010. The number of rotatable bonds is 4. The maximum atomic E-state index is 14.4. The van der Waals surface area contributed by atoms with Crippen LogP contribution in [0, 0.1) is 17.8 Å². The summed E-state index contributed by atoms with van der Waals surface area (Å²) in [5, 5.41) is 0. The molecule has 15 nitrogen and oxygen atoms in total. The lowest BCUT2D eigenvalue weighted by atomic mass is 9.78. The van der Waals surface area contributed by atoms with Crippen molar-refractivity contribution in [3.8, 4) is 5.75 Å². The number of benzene rings is 1. The lowest BCUT2D eigenvalue weighted by molar-refractivity contribution is -0.329. The summed E-state index contributed by atoms with van der Waals surface area (Å²) >= 11 is 0. The molecule has 0 amide bonds. The van der Waals surface area contributed by atoms with Gasteiger partial charge < -0.3 is 66.3 Å². The fraction of sp³-hybridized carbons (Fsp3) is 0.784. The molecule has 13 rings (SSSR count). The van der Waals surface area contributed by atoms with Crippen LogP contribution < -0.4 is 4.74 Å². The smallest absolute Gasteiger partial charge is 0.308 e. The summed E-state index contributed by atoms with van der Waals surface area (Å²) in [6.45, 7) is 16.1. The number of hydrogen-bond donors (Lipinski definition) is 0. The average molecular weight is 921 g/mol. The predicted molar refractivity (Wildman–Crippen MR) is 232 cm³/mol. The first-order chi connectivity index (χ1) is 31.9. The van der Waals surface area contributed by atoms with Crippen LogP contribution in [0.5, 0.6) is 5.75 Å². The minimum atomic E-state index is -1.28. The number of carbonyl (C=O) groups is 1. The van der Waals surface area contributed by atoms with Gasteiger partial charge in [0.2, 0.25) is 11.6 Å². The first kappa shape index (κ1) is 44.7. The highest BCUT2D eigenvalue weighted by molar-refractivity contribution is 5.70. The Balaban J connectivity index is 0.853. The van der Waals surface area contributed by atoms with Crippen LogP contribution in [0.3, 0.4) is 0 Å². The van der Waals surface area contributed by atoms with Gasteiger partial charge in [-0.1, -0.05) is 46.1 Å². The molecule has 2 spiro atoms. The number of hydrogen-bond acceptors (Lipinski definition) is 15. The van der Waals surface area contributed by atoms with Crippen molar-refractivity contribution in [1.82, 2.24) is 0 Å². The average Bonchev–Trinajstić information content (AvgIpc) is 3.98. The number of carbonyl (C=O) groups excluding carboxylic acids is 1. The van der Waals surface area contributed by atoms with Gasteiger partial charge in [0.1, 0.15) is 42.4 Å². The third kappa shape index (κ3) is 7.39. The summed E-state index contributed by atoms with van der Waals surface area (Å²) in [6.07, 6.45) is 0.0286. The largest absolute Gasteiger partial charge is 0.497 e. The van der Waals surface area contributed by atoms with Crippen molar-refractivity contribution in [2.45, 2.75) is 213 Å². The second kappa shape index (κ2) is 17.1. The van der Waals surface area contributed by atoms with Crippen molar-refractivity contribution in [2.24, 2.45) is 17.8 Å². The normalized spacial score (nSPS) is 51.9. The number of fused-ring (bicyclic) bond motifs is 7. The fourth-order valence-electron chi connectivity index (χ4n) is 13.7. The molecule has 0 saturated carbocycles. The summed E-state index contributed by atoms with van der Waals surface area (Å²) in [5.41, 5.74) is 2.97. The first-order valence-electron chi connectivity index (χ1n) is 24.9. The standard InChI is InChI=1S/C51H68O15/c1-24-18-31-12-14-34-25(2)19-33(55-34)16-17-50-49-51(66-48(62-49)29-8-10-30(54-7)11-9-29)47(65-50)46-45(64-51)44(63-50)43-35(59-46)15-13-32(57-43)21-40(52)61-42-28(5)41-37(20-26(3)39(60-41)23-53-6)58-38(42)22-36(56-31)27(24)4/h8-11,24,26,28,31-39,41-49H,2,4,12-23H2,1,3,5-7H3. The van der Waals surface area contributed by atoms with Gasteiger partial charge in [0, 0.05) is 31.4 Å². The van der Waals surface area contributed by atoms with E-state index in [1.165, 1.54) is 0 Å². The Morgan fingerprint density at radius 3 is 2.26 bits per heavy atom. The van der Waals surface area contributed by atoms with E-state index in [0.717, 1.165) is 54.6 Å². The molecule has 12 heterocycles. The molecule has 12 fully saturated rings. The number of ether oxygens (including phenoxy) is 14. The van der Waals surface area contributed by atoms with E-state index >= 15 is 0 Å². The summed E-state index contributed by atoms with van der Waals surface area (Å²) in [4.78, 5) is 14.4. The van der Waals surface area contributed by atoms with Crippen LogP contribution in [0.2, 0.25) is 0 Å². The molecule has 362 valence electrons. The van der Waals surface area contributed by atoms with Crippen LogP contribution in [0.4, 0.5) is 0 Å². The van der Waals surface area contributed by atoms with E-state index in [1.54, 1.807) is 14.2 Å². The van der Waals surface area contributed by atoms with Gasteiger partial charge in [0.15, 0.2) is 12.4 Å². The molecule has 0 aromatic heterocycles. The van der Waals surface area contributed by atoms with Gasteiger partial charge in [0.25, 0.3) is 0 Å². The van der Waals surface area contributed by atoms with Crippen molar-refractivity contribution in [3.63, 3.8) is 0 Å². The Kier molecular flexibility index (Phi) is 11.6. The zero-order valence-electron chi connectivity index (χ0n) is 39.0. The van der Waals surface area contributed by atoms with Gasteiger partial charge >= 0.3 is 5.97 Å². The van der Waals surface area contributed by atoms with Crippen LogP contribution >= 0.6 is 0 Å². The minimum absolute atomic E-state index is 0.00357. The van der Waals surface area contributed by atoms with Crippen molar-refractivity contribution < 1.29 is 71.1 Å². The molecule has 23 atom stereocenters. The van der Waals surface area contributed by atoms with Gasteiger partial charge in [-0.2, -0.15) is 0 Å². The van der Waals surface area contributed by atoms with Crippen LogP contribution in [-0.2, 0) is 66.4 Å². The lowest BCUT2D eigenvalue weighted by Gasteiger charge is -2.51. The molecule has 0 aliphatic carbocycles. The van der Waals surface area contributed by atoms with Crippen LogP contribution in [0.15, 0.2) is 48.6 Å². The second-order valence-corrected chi connectivity index (χ2v) is 21.4. The molecule has 12 aliphatic heterocycles. The van der Waals surface area contributed by atoms with Crippen molar-refractivity contribution >= 4 is 5.97 Å². The maximum absolute atomic E-state index is 14.4. The number of methoxy groups -OCH3 is 2. The SMILES string of the molecule is C=C1CC2CCC34OC5C6OC(CCC6OC6C5OC5(OC(c7ccc(OC)cc7)OC35)C6O4)CC(=O)OC3C(CC4OC(CCC1O2)CC(C)C4=C)OC1CC(C)C(COC)OC1C3C. The Morgan fingerprint density at radius 1 is 0.667 bits per heavy atom. The van der Waals surface area contributed by atoms with Gasteiger partial charge in [-0.05, 0) is 86.5 Å². The van der Waals surface area contributed by atoms with Crippen LogP contribution in [0.1, 0.15) is 103 Å². The molecule has 1 aromatic carbocycles. The third-order valence-corrected chi connectivity index (χ3v) is 17.2. The monoisotopic (exact) mass is 920 g/mol. The summed E-state index contributed by atoms with van der Waals surface area (Å²) in [5.74, 6) is -1.82. The topological polar surface area (TPSA) is 146 Å². The van der Waals surface area contributed by atoms with E-state index in [-0.39, 0.29) is 79.0 Å². The highest BCUT2D eigenvalue weighted by Gasteiger charge is 2.83. The van der Waals surface area contributed by atoms with E-state index in [1.807, 2.05) is 24.3 Å². The van der Waals surface area contributed by atoms with Crippen LogP contribution in [-0.4, -0.2) is 142 Å². The molecule has 12 saturated heterocycles. The van der Waals surface area contributed by atoms with Gasteiger partial charge in [0.05, 0.1) is 81.2 Å². The van der Waals surface area contributed by atoms with E-state index in [9.17, 15) is 4.79 Å². The molecule has 23 unspecified atom stereocenters. The van der Waals surface area contributed by atoms with Gasteiger partial charge in [-0.15, -0.1) is 0 Å². The van der Waals surface area contributed by atoms with Crippen molar-refractivity contribution in [3.05, 3.63) is 54.1 Å². The molecule has 66 heavy (non-hydrogen) atoms. The molecule has 0 radical (unpaired) electrons.